The van der Waals surface area contributed by atoms with Crippen molar-refractivity contribution in [3.8, 4) is 5.75 Å². The SMILES string of the molecule is COc1ccc(NC(=O)[C@H]2CC(=O)Nc3ccccc32)cc1Cc1ccccc1. The molecule has 0 unspecified atom stereocenters. The topological polar surface area (TPSA) is 67.4 Å². The van der Waals surface area contributed by atoms with Gasteiger partial charge in [0.1, 0.15) is 5.75 Å². The van der Waals surface area contributed by atoms with Gasteiger partial charge in [-0.25, -0.2) is 0 Å². The van der Waals surface area contributed by atoms with Gasteiger partial charge in [-0.3, -0.25) is 9.59 Å². The molecule has 0 aliphatic carbocycles. The Morgan fingerprint density at radius 3 is 2.62 bits per heavy atom. The lowest BCUT2D eigenvalue weighted by Gasteiger charge is -2.25. The Morgan fingerprint density at radius 2 is 1.83 bits per heavy atom. The van der Waals surface area contributed by atoms with Gasteiger partial charge in [0.25, 0.3) is 0 Å². The summed E-state index contributed by atoms with van der Waals surface area (Å²) in [7, 11) is 1.64. The average Bonchev–Trinajstić information content (AvgIpc) is 2.74. The lowest BCUT2D eigenvalue weighted by Crippen LogP contribution is -2.30. The second-order valence-corrected chi connectivity index (χ2v) is 7.07. The average molecular weight is 386 g/mol. The van der Waals surface area contributed by atoms with Crippen LogP contribution in [0.5, 0.6) is 5.75 Å². The van der Waals surface area contributed by atoms with Crippen LogP contribution in [0.3, 0.4) is 0 Å². The van der Waals surface area contributed by atoms with Crippen LogP contribution >= 0.6 is 0 Å². The number of fused-ring (bicyclic) bond motifs is 1. The minimum Gasteiger partial charge on any atom is -0.496 e. The first-order chi connectivity index (χ1) is 14.1. The molecule has 29 heavy (non-hydrogen) atoms. The highest BCUT2D eigenvalue weighted by atomic mass is 16.5. The monoisotopic (exact) mass is 386 g/mol. The van der Waals surface area contributed by atoms with Crippen molar-refractivity contribution in [2.45, 2.75) is 18.8 Å². The standard InChI is InChI=1S/C24H22N2O3/c1-29-22-12-11-18(14-17(22)13-16-7-3-2-4-8-16)25-24(28)20-15-23(27)26-21-10-6-5-9-19(20)21/h2-12,14,20H,13,15H2,1H3,(H,25,28)(H,26,27)/t20-/m0/s1. The molecule has 0 aromatic heterocycles. The third kappa shape index (κ3) is 4.14. The largest absolute Gasteiger partial charge is 0.496 e. The van der Waals surface area contributed by atoms with Gasteiger partial charge in [-0.1, -0.05) is 48.5 Å². The van der Waals surface area contributed by atoms with Gasteiger partial charge >= 0.3 is 0 Å². The van der Waals surface area contributed by atoms with Crippen LogP contribution in [0.4, 0.5) is 11.4 Å². The zero-order chi connectivity index (χ0) is 20.2. The smallest absolute Gasteiger partial charge is 0.232 e. The number of benzene rings is 3. The number of rotatable bonds is 5. The molecule has 3 aromatic carbocycles. The summed E-state index contributed by atoms with van der Waals surface area (Å²) in [5, 5.41) is 5.80. The van der Waals surface area contributed by atoms with E-state index in [9.17, 15) is 9.59 Å². The highest BCUT2D eigenvalue weighted by Gasteiger charge is 2.30. The molecule has 0 bridgehead atoms. The maximum Gasteiger partial charge on any atom is 0.232 e. The molecule has 1 heterocycles. The van der Waals surface area contributed by atoms with E-state index in [-0.39, 0.29) is 18.2 Å². The van der Waals surface area contributed by atoms with E-state index < -0.39 is 5.92 Å². The van der Waals surface area contributed by atoms with Gasteiger partial charge in [-0.15, -0.1) is 0 Å². The molecule has 1 atom stereocenters. The summed E-state index contributed by atoms with van der Waals surface area (Å²) in [6.07, 6.45) is 0.832. The summed E-state index contributed by atoms with van der Waals surface area (Å²) >= 11 is 0. The minimum absolute atomic E-state index is 0.135. The molecule has 5 heteroatoms. The second kappa shape index (κ2) is 8.19. The molecule has 1 aliphatic heterocycles. The third-order valence-corrected chi connectivity index (χ3v) is 5.10. The van der Waals surface area contributed by atoms with E-state index in [0.29, 0.717) is 17.8 Å². The van der Waals surface area contributed by atoms with Gasteiger partial charge in [-0.2, -0.15) is 0 Å². The van der Waals surface area contributed by atoms with Crippen LogP contribution in [0.1, 0.15) is 29.0 Å². The third-order valence-electron chi connectivity index (χ3n) is 5.10. The van der Waals surface area contributed by atoms with Crippen molar-refractivity contribution >= 4 is 23.2 Å². The van der Waals surface area contributed by atoms with Gasteiger partial charge < -0.3 is 15.4 Å². The molecule has 0 radical (unpaired) electrons. The molecule has 0 fully saturated rings. The van der Waals surface area contributed by atoms with Crippen LogP contribution in [0, 0.1) is 0 Å². The highest BCUT2D eigenvalue weighted by Crippen LogP contribution is 2.33. The van der Waals surface area contributed by atoms with E-state index in [4.69, 9.17) is 4.74 Å². The highest BCUT2D eigenvalue weighted by molar-refractivity contribution is 6.05. The number of amides is 2. The molecule has 0 saturated heterocycles. The lowest BCUT2D eigenvalue weighted by molar-refractivity contribution is -0.123. The summed E-state index contributed by atoms with van der Waals surface area (Å²) in [4.78, 5) is 25.0. The number of para-hydroxylation sites is 1. The van der Waals surface area contributed by atoms with E-state index >= 15 is 0 Å². The lowest BCUT2D eigenvalue weighted by atomic mass is 9.89. The molecule has 3 aromatic rings. The molecule has 0 spiro atoms. The van der Waals surface area contributed by atoms with Crippen LogP contribution in [0.2, 0.25) is 0 Å². The van der Waals surface area contributed by atoms with Crippen molar-refractivity contribution in [2.75, 3.05) is 17.7 Å². The van der Waals surface area contributed by atoms with Crippen molar-refractivity contribution in [2.24, 2.45) is 0 Å². The summed E-state index contributed by atoms with van der Waals surface area (Å²) in [5.41, 5.74) is 4.36. The summed E-state index contributed by atoms with van der Waals surface area (Å²) in [5.74, 6) is -0.0830. The Balaban J connectivity index is 1.57. The van der Waals surface area contributed by atoms with Gasteiger partial charge in [0.2, 0.25) is 11.8 Å². The molecule has 146 valence electrons. The number of hydrogen-bond acceptors (Lipinski definition) is 3. The number of nitrogens with one attached hydrogen (secondary N) is 2. The Kier molecular flexibility index (Phi) is 5.29. The number of carbonyl (C=O) groups is 2. The zero-order valence-electron chi connectivity index (χ0n) is 16.1. The number of ether oxygens (including phenoxy) is 1. The van der Waals surface area contributed by atoms with E-state index in [2.05, 4.69) is 22.8 Å². The number of anilines is 2. The normalized spacial score (nSPS) is 15.2. The van der Waals surface area contributed by atoms with E-state index in [0.717, 1.165) is 22.4 Å². The van der Waals surface area contributed by atoms with Gasteiger partial charge in [0.15, 0.2) is 0 Å². The number of hydrogen-bond donors (Lipinski definition) is 2. The molecule has 2 amide bonds. The summed E-state index contributed by atoms with van der Waals surface area (Å²) in [6.45, 7) is 0. The van der Waals surface area contributed by atoms with E-state index in [1.165, 1.54) is 0 Å². The maximum absolute atomic E-state index is 13.0. The number of methoxy groups -OCH3 is 1. The van der Waals surface area contributed by atoms with Crippen LogP contribution < -0.4 is 15.4 Å². The second-order valence-electron chi connectivity index (χ2n) is 7.07. The fourth-order valence-corrected chi connectivity index (χ4v) is 3.68. The quantitative estimate of drug-likeness (QED) is 0.685. The first-order valence-corrected chi connectivity index (χ1v) is 9.54. The fraction of sp³-hybridized carbons (Fsp3) is 0.167. The van der Waals surface area contributed by atoms with Gasteiger partial charge in [0.05, 0.1) is 13.0 Å². The van der Waals surface area contributed by atoms with Crippen LogP contribution in [0.25, 0.3) is 0 Å². The molecule has 2 N–H and O–H groups in total. The molecular formula is C24H22N2O3. The van der Waals surface area contributed by atoms with Crippen LogP contribution in [-0.4, -0.2) is 18.9 Å². The van der Waals surface area contributed by atoms with Crippen molar-refractivity contribution in [1.29, 1.82) is 0 Å². The molecule has 0 saturated carbocycles. The van der Waals surface area contributed by atoms with Crippen molar-refractivity contribution < 1.29 is 14.3 Å². The summed E-state index contributed by atoms with van der Waals surface area (Å²) < 4.78 is 5.49. The Morgan fingerprint density at radius 1 is 1.07 bits per heavy atom. The van der Waals surface area contributed by atoms with E-state index in [1.54, 1.807) is 7.11 Å². The van der Waals surface area contributed by atoms with Crippen molar-refractivity contribution in [3.63, 3.8) is 0 Å². The van der Waals surface area contributed by atoms with E-state index in [1.807, 2.05) is 60.7 Å². The fourth-order valence-electron chi connectivity index (χ4n) is 3.68. The number of carbonyl (C=O) groups excluding carboxylic acids is 2. The molecular weight excluding hydrogens is 364 g/mol. The van der Waals surface area contributed by atoms with Gasteiger partial charge in [0, 0.05) is 29.8 Å². The first-order valence-electron chi connectivity index (χ1n) is 9.54. The van der Waals surface area contributed by atoms with Crippen LogP contribution in [-0.2, 0) is 16.0 Å². The minimum atomic E-state index is -0.514. The van der Waals surface area contributed by atoms with Crippen molar-refractivity contribution in [1.82, 2.24) is 0 Å². The predicted molar refractivity (Wildman–Crippen MR) is 113 cm³/mol. The zero-order valence-corrected chi connectivity index (χ0v) is 16.1. The Labute approximate surface area is 169 Å². The Bertz CT molecular complexity index is 1050. The van der Waals surface area contributed by atoms with Crippen molar-refractivity contribution in [3.05, 3.63) is 89.5 Å². The predicted octanol–water partition coefficient (Wildman–Crippen LogP) is 4.35. The molecule has 1 aliphatic rings. The Hall–Kier alpha value is -3.60. The molecule has 5 nitrogen and oxygen atoms in total. The van der Waals surface area contributed by atoms with Crippen LogP contribution in [0.15, 0.2) is 72.8 Å². The maximum atomic E-state index is 13.0. The summed E-state index contributed by atoms with van der Waals surface area (Å²) in [6, 6.07) is 23.1. The first kappa shape index (κ1) is 18.7. The van der Waals surface area contributed by atoms with Gasteiger partial charge in [-0.05, 0) is 35.4 Å². The molecule has 4 rings (SSSR count).